The lowest BCUT2D eigenvalue weighted by Crippen LogP contribution is -3.15. The van der Waals surface area contributed by atoms with Crippen LogP contribution in [0.5, 0.6) is 5.75 Å². The van der Waals surface area contributed by atoms with E-state index in [1.807, 2.05) is 12.1 Å². The number of nitrogens with zero attached hydrogens (tertiary/aromatic N) is 1. The third-order valence-corrected chi connectivity index (χ3v) is 4.77. The van der Waals surface area contributed by atoms with Gasteiger partial charge in [0.2, 0.25) is 5.91 Å². The van der Waals surface area contributed by atoms with Crippen LogP contribution in [0.3, 0.4) is 0 Å². The van der Waals surface area contributed by atoms with Crippen molar-refractivity contribution in [2.75, 3.05) is 50.1 Å². The summed E-state index contributed by atoms with van der Waals surface area (Å²) in [6, 6.07) is 14.6. The molecule has 7 heteroatoms. The Morgan fingerprint density at radius 3 is 2.26 bits per heavy atom. The molecule has 3 rings (SSSR count). The molecule has 0 aromatic heterocycles. The molecule has 4 N–H and O–H groups in total. The Morgan fingerprint density at radius 2 is 1.70 bits per heavy atom. The van der Waals surface area contributed by atoms with Crippen LogP contribution in [0.25, 0.3) is 0 Å². The molecule has 2 aromatic carbocycles. The second-order valence-corrected chi connectivity index (χ2v) is 6.60. The fourth-order valence-corrected chi connectivity index (χ4v) is 3.20. The number of rotatable bonds is 6. The zero-order valence-corrected chi connectivity index (χ0v) is 15.4. The van der Waals surface area contributed by atoms with Gasteiger partial charge in [0, 0.05) is 16.9 Å². The van der Waals surface area contributed by atoms with Gasteiger partial charge in [0.1, 0.15) is 5.75 Å². The maximum atomic E-state index is 12.3. The molecule has 0 aliphatic carbocycles. The number of hydrogen-bond acceptors (Lipinski definition) is 4. The molecular formula is C20H25N4O3+. The van der Waals surface area contributed by atoms with Crippen molar-refractivity contribution in [1.29, 1.82) is 0 Å². The summed E-state index contributed by atoms with van der Waals surface area (Å²) in [6.07, 6.45) is 0. The van der Waals surface area contributed by atoms with Crippen LogP contribution in [0.15, 0.2) is 48.5 Å². The van der Waals surface area contributed by atoms with Gasteiger partial charge in [-0.25, -0.2) is 0 Å². The van der Waals surface area contributed by atoms with E-state index in [1.54, 1.807) is 31.4 Å². The number of amides is 2. The molecule has 27 heavy (non-hydrogen) atoms. The van der Waals surface area contributed by atoms with E-state index in [4.69, 9.17) is 10.5 Å². The molecule has 0 radical (unpaired) electrons. The summed E-state index contributed by atoms with van der Waals surface area (Å²) >= 11 is 0. The summed E-state index contributed by atoms with van der Waals surface area (Å²) in [4.78, 5) is 26.9. The molecule has 7 nitrogen and oxygen atoms in total. The quantitative estimate of drug-likeness (QED) is 0.676. The van der Waals surface area contributed by atoms with E-state index in [-0.39, 0.29) is 5.91 Å². The summed E-state index contributed by atoms with van der Waals surface area (Å²) in [5, 5.41) is 2.87. The number of methoxy groups -OCH3 is 1. The van der Waals surface area contributed by atoms with Crippen molar-refractivity contribution >= 4 is 23.2 Å². The number of piperazine rings is 1. The highest BCUT2D eigenvalue weighted by Gasteiger charge is 2.22. The van der Waals surface area contributed by atoms with E-state index < -0.39 is 5.91 Å². The van der Waals surface area contributed by atoms with Crippen molar-refractivity contribution in [3.63, 3.8) is 0 Å². The maximum Gasteiger partial charge on any atom is 0.279 e. The van der Waals surface area contributed by atoms with E-state index >= 15 is 0 Å². The van der Waals surface area contributed by atoms with E-state index in [0.717, 1.165) is 31.9 Å². The maximum absolute atomic E-state index is 12.3. The van der Waals surface area contributed by atoms with E-state index in [0.29, 0.717) is 17.8 Å². The van der Waals surface area contributed by atoms with Crippen molar-refractivity contribution in [1.82, 2.24) is 0 Å². The first-order valence-electron chi connectivity index (χ1n) is 8.97. The molecule has 142 valence electrons. The highest BCUT2D eigenvalue weighted by molar-refractivity contribution is 5.95. The summed E-state index contributed by atoms with van der Waals surface area (Å²) < 4.78 is 5.19. The van der Waals surface area contributed by atoms with Crippen LogP contribution in [0.2, 0.25) is 0 Å². The lowest BCUT2D eigenvalue weighted by Gasteiger charge is -2.33. The molecule has 2 amide bonds. The predicted octanol–water partition coefficient (Wildman–Crippen LogP) is 0.138. The predicted molar refractivity (Wildman–Crippen MR) is 104 cm³/mol. The minimum absolute atomic E-state index is 0.0327. The van der Waals surface area contributed by atoms with Gasteiger partial charge in [-0.15, -0.1) is 0 Å². The molecule has 0 spiro atoms. The fourth-order valence-electron chi connectivity index (χ4n) is 3.20. The first-order chi connectivity index (χ1) is 13.0. The molecule has 0 saturated carbocycles. The van der Waals surface area contributed by atoms with Crippen molar-refractivity contribution in [3.8, 4) is 5.75 Å². The highest BCUT2D eigenvalue weighted by atomic mass is 16.5. The van der Waals surface area contributed by atoms with Gasteiger partial charge in [-0.1, -0.05) is 0 Å². The number of benzene rings is 2. The normalized spacial score (nSPS) is 14.6. The zero-order chi connectivity index (χ0) is 19.2. The number of ether oxygens (including phenoxy) is 1. The van der Waals surface area contributed by atoms with Gasteiger partial charge in [0.05, 0.1) is 33.3 Å². The summed E-state index contributed by atoms with van der Waals surface area (Å²) in [6.45, 7) is 4.04. The molecule has 0 unspecified atom stereocenters. The second kappa shape index (κ2) is 8.55. The molecule has 1 fully saturated rings. The summed E-state index contributed by atoms with van der Waals surface area (Å²) in [5.74, 6) is 0.338. The number of hydrogen-bond donors (Lipinski definition) is 3. The molecule has 1 aliphatic heterocycles. The molecule has 1 saturated heterocycles. The summed E-state index contributed by atoms with van der Waals surface area (Å²) in [7, 11) is 1.66. The Kier molecular flexibility index (Phi) is 5.93. The van der Waals surface area contributed by atoms with Crippen LogP contribution in [-0.4, -0.2) is 51.6 Å². The van der Waals surface area contributed by atoms with Gasteiger partial charge in [0.15, 0.2) is 6.54 Å². The van der Waals surface area contributed by atoms with Crippen LogP contribution in [0, 0.1) is 0 Å². The van der Waals surface area contributed by atoms with Crippen LogP contribution < -0.4 is 25.6 Å². The minimum atomic E-state index is -0.480. The smallest absolute Gasteiger partial charge is 0.279 e. The average Bonchev–Trinajstić information content (AvgIpc) is 2.69. The molecule has 1 aliphatic rings. The van der Waals surface area contributed by atoms with Crippen LogP contribution >= 0.6 is 0 Å². The number of nitrogens with two attached hydrogens (primary N) is 1. The number of carbonyl (C=O) groups excluding carboxylic acids is 2. The molecule has 2 aromatic rings. The van der Waals surface area contributed by atoms with Crippen LogP contribution in [0.4, 0.5) is 11.4 Å². The Bertz CT molecular complexity index is 782. The average molecular weight is 369 g/mol. The topological polar surface area (TPSA) is 89.1 Å². The third kappa shape index (κ3) is 4.98. The van der Waals surface area contributed by atoms with Crippen LogP contribution in [0.1, 0.15) is 10.4 Å². The SMILES string of the molecule is COc1ccc(N2CC[NH+](CC(=O)Nc3ccc(C(N)=O)cc3)CC2)cc1. The van der Waals surface area contributed by atoms with Gasteiger partial charge < -0.3 is 25.6 Å². The number of carbonyl (C=O) groups is 2. The monoisotopic (exact) mass is 369 g/mol. The fraction of sp³-hybridized carbons (Fsp3) is 0.300. The van der Waals surface area contributed by atoms with Crippen molar-refractivity contribution in [3.05, 3.63) is 54.1 Å². The Labute approximate surface area is 158 Å². The van der Waals surface area contributed by atoms with Gasteiger partial charge >= 0.3 is 0 Å². The summed E-state index contributed by atoms with van der Waals surface area (Å²) in [5.41, 5.74) is 7.48. The Morgan fingerprint density at radius 1 is 1.07 bits per heavy atom. The van der Waals surface area contributed by atoms with Gasteiger partial charge in [-0.3, -0.25) is 9.59 Å². The zero-order valence-electron chi connectivity index (χ0n) is 15.4. The lowest BCUT2D eigenvalue weighted by atomic mass is 10.2. The third-order valence-electron chi connectivity index (χ3n) is 4.77. The van der Waals surface area contributed by atoms with E-state index in [1.165, 1.54) is 10.6 Å². The number of primary amides is 1. The largest absolute Gasteiger partial charge is 0.497 e. The molecule has 1 heterocycles. The Balaban J connectivity index is 1.46. The standard InChI is InChI=1S/C20H24N4O3/c1-27-18-8-6-17(7-9-18)24-12-10-23(11-13-24)14-19(25)22-16-4-2-15(3-5-16)20(21)26/h2-9H,10-14H2,1H3,(H2,21,26)(H,22,25)/p+1. The molecule has 0 atom stereocenters. The van der Waals surface area contributed by atoms with Crippen molar-refractivity contribution < 1.29 is 19.2 Å². The highest BCUT2D eigenvalue weighted by Crippen LogP contribution is 2.19. The minimum Gasteiger partial charge on any atom is -0.497 e. The molecule has 0 bridgehead atoms. The van der Waals surface area contributed by atoms with Gasteiger partial charge in [-0.2, -0.15) is 0 Å². The number of quaternary nitrogens is 1. The second-order valence-electron chi connectivity index (χ2n) is 6.60. The Hall–Kier alpha value is -3.06. The van der Waals surface area contributed by atoms with Crippen molar-refractivity contribution in [2.45, 2.75) is 0 Å². The number of nitrogens with one attached hydrogen (secondary N) is 2. The van der Waals surface area contributed by atoms with Gasteiger partial charge in [-0.05, 0) is 48.5 Å². The van der Waals surface area contributed by atoms with E-state index in [9.17, 15) is 9.59 Å². The van der Waals surface area contributed by atoms with Gasteiger partial charge in [0.25, 0.3) is 5.91 Å². The first-order valence-corrected chi connectivity index (χ1v) is 8.97. The first kappa shape index (κ1) is 18.7. The van der Waals surface area contributed by atoms with Crippen LogP contribution in [-0.2, 0) is 4.79 Å². The van der Waals surface area contributed by atoms with Crippen molar-refractivity contribution in [2.24, 2.45) is 5.73 Å². The number of anilines is 2. The van der Waals surface area contributed by atoms with E-state index in [2.05, 4.69) is 22.3 Å². The molecular weight excluding hydrogens is 344 g/mol. The lowest BCUT2D eigenvalue weighted by molar-refractivity contribution is -0.892.